The zero-order valence-electron chi connectivity index (χ0n) is 10.0. The number of urea groups is 1. The smallest absolute Gasteiger partial charge is 0.318 e. The molecule has 0 aliphatic carbocycles. The van der Waals surface area contributed by atoms with Crippen LogP contribution in [0.5, 0.6) is 0 Å². The van der Waals surface area contributed by atoms with Crippen LogP contribution in [0.3, 0.4) is 0 Å². The predicted octanol–water partition coefficient (Wildman–Crippen LogP) is 3.43. The molecule has 98 valence electrons. The van der Waals surface area contributed by atoms with Gasteiger partial charge in [0.2, 0.25) is 0 Å². The third-order valence-electron chi connectivity index (χ3n) is 3.10. The quantitative estimate of drug-likeness (QED) is 0.653. The number of amides is 2. The highest BCUT2D eigenvalue weighted by molar-refractivity contribution is 6.30. The third-order valence-corrected chi connectivity index (χ3v) is 3.60. The number of alkyl halides is 1. The molecule has 1 N–H and O–H groups in total. The highest BCUT2D eigenvalue weighted by Crippen LogP contribution is 2.26. The van der Waals surface area contributed by atoms with Crippen molar-refractivity contribution < 1.29 is 4.79 Å². The summed E-state index contributed by atoms with van der Waals surface area (Å²) in [5.41, 5.74) is 1.08. The van der Waals surface area contributed by atoms with Gasteiger partial charge in [-0.05, 0) is 30.5 Å². The van der Waals surface area contributed by atoms with Crippen LogP contribution in [0.4, 0.5) is 4.79 Å². The molecule has 1 heterocycles. The second kappa shape index (κ2) is 6.30. The number of halogens is 2. The molecule has 0 aromatic heterocycles. The molecule has 18 heavy (non-hydrogen) atoms. The van der Waals surface area contributed by atoms with Crippen LogP contribution in [-0.2, 0) is 0 Å². The lowest BCUT2D eigenvalue weighted by molar-refractivity contribution is 0.203. The molecule has 1 atom stereocenters. The zero-order chi connectivity index (χ0) is 13.0. The van der Waals surface area contributed by atoms with E-state index in [1.807, 2.05) is 29.2 Å². The third kappa shape index (κ3) is 3.09. The van der Waals surface area contributed by atoms with Crippen molar-refractivity contribution in [2.75, 3.05) is 19.0 Å². The van der Waals surface area contributed by atoms with Crippen LogP contribution in [0.1, 0.15) is 24.4 Å². The lowest BCUT2D eigenvalue weighted by Gasteiger charge is -2.23. The first-order valence-electron chi connectivity index (χ1n) is 6.08. The minimum Gasteiger partial charge on any atom is -0.336 e. The standard InChI is InChI=1S/C13H16Cl2N2O/c14-6-1-2-7-17-12(9-16-13(17)18)10-4-3-5-11(15)8-10/h3-5,8,12H,1-2,6-7,9H2,(H,16,18). The number of nitrogens with one attached hydrogen (secondary N) is 1. The lowest BCUT2D eigenvalue weighted by atomic mass is 10.1. The average Bonchev–Trinajstić information content (AvgIpc) is 2.72. The molecule has 0 saturated carbocycles. The van der Waals surface area contributed by atoms with Crippen LogP contribution in [0.25, 0.3) is 0 Å². The van der Waals surface area contributed by atoms with E-state index in [2.05, 4.69) is 5.32 Å². The molecule has 1 aliphatic rings. The van der Waals surface area contributed by atoms with E-state index in [0.29, 0.717) is 17.4 Å². The van der Waals surface area contributed by atoms with Crippen LogP contribution >= 0.6 is 23.2 Å². The molecule has 1 unspecified atom stereocenters. The second-order valence-electron chi connectivity index (χ2n) is 4.35. The van der Waals surface area contributed by atoms with Crippen molar-refractivity contribution >= 4 is 29.2 Å². The Bertz CT molecular complexity index is 425. The topological polar surface area (TPSA) is 32.3 Å². The molecule has 0 spiro atoms. The van der Waals surface area contributed by atoms with Gasteiger partial charge in [-0.15, -0.1) is 11.6 Å². The molecule has 0 bridgehead atoms. The van der Waals surface area contributed by atoms with Gasteiger partial charge in [0.25, 0.3) is 0 Å². The summed E-state index contributed by atoms with van der Waals surface area (Å²) in [7, 11) is 0. The van der Waals surface area contributed by atoms with E-state index < -0.39 is 0 Å². The SMILES string of the molecule is O=C1NCC(c2cccc(Cl)c2)N1CCCCCl. The van der Waals surface area contributed by atoms with Crippen LogP contribution < -0.4 is 5.32 Å². The Labute approximate surface area is 117 Å². The summed E-state index contributed by atoms with van der Waals surface area (Å²) < 4.78 is 0. The summed E-state index contributed by atoms with van der Waals surface area (Å²) in [4.78, 5) is 13.6. The van der Waals surface area contributed by atoms with E-state index in [1.165, 1.54) is 0 Å². The van der Waals surface area contributed by atoms with E-state index in [0.717, 1.165) is 24.9 Å². The van der Waals surface area contributed by atoms with Crippen molar-refractivity contribution in [1.29, 1.82) is 0 Å². The van der Waals surface area contributed by atoms with Gasteiger partial charge in [0.15, 0.2) is 0 Å². The first-order valence-corrected chi connectivity index (χ1v) is 6.99. The van der Waals surface area contributed by atoms with Gasteiger partial charge < -0.3 is 10.2 Å². The highest BCUT2D eigenvalue weighted by atomic mass is 35.5. The fourth-order valence-electron chi connectivity index (χ4n) is 2.18. The van der Waals surface area contributed by atoms with Crippen LogP contribution in [0, 0.1) is 0 Å². The molecule has 2 rings (SSSR count). The number of carbonyl (C=O) groups is 1. The molecule has 1 saturated heterocycles. The van der Waals surface area contributed by atoms with Gasteiger partial charge in [-0.2, -0.15) is 0 Å². The summed E-state index contributed by atoms with van der Waals surface area (Å²) >= 11 is 11.7. The van der Waals surface area contributed by atoms with Crippen molar-refractivity contribution in [1.82, 2.24) is 10.2 Å². The Morgan fingerprint density at radius 2 is 2.22 bits per heavy atom. The highest BCUT2D eigenvalue weighted by Gasteiger charge is 2.31. The van der Waals surface area contributed by atoms with E-state index in [-0.39, 0.29) is 12.1 Å². The van der Waals surface area contributed by atoms with Crippen molar-refractivity contribution in [3.05, 3.63) is 34.9 Å². The summed E-state index contributed by atoms with van der Waals surface area (Å²) in [5.74, 6) is 0.636. The normalized spacial score (nSPS) is 19.1. The average molecular weight is 287 g/mol. The molecule has 1 aromatic rings. The van der Waals surface area contributed by atoms with E-state index in [1.54, 1.807) is 0 Å². The van der Waals surface area contributed by atoms with Gasteiger partial charge in [-0.3, -0.25) is 0 Å². The molecule has 5 heteroatoms. The fourth-order valence-corrected chi connectivity index (χ4v) is 2.57. The van der Waals surface area contributed by atoms with E-state index in [9.17, 15) is 4.79 Å². The molecule has 2 amide bonds. The van der Waals surface area contributed by atoms with Crippen LogP contribution in [0.15, 0.2) is 24.3 Å². The second-order valence-corrected chi connectivity index (χ2v) is 5.16. The van der Waals surface area contributed by atoms with Crippen molar-refractivity contribution in [3.8, 4) is 0 Å². The molecule has 1 aromatic carbocycles. The number of benzene rings is 1. The summed E-state index contributed by atoms with van der Waals surface area (Å²) in [6.07, 6.45) is 1.85. The Morgan fingerprint density at radius 1 is 1.39 bits per heavy atom. The molecule has 1 fully saturated rings. The first-order chi connectivity index (χ1) is 8.72. The van der Waals surface area contributed by atoms with E-state index in [4.69, 9.17) is 23.2 Å². The Morgan fingerprint density at radius 3 is 2.94 bits per heavy atom. The Hall–Kier alpha value is -0.930. The summed E-state index contributed by atoms with van der Waals surface area (Å²) in [5, 5.41) is 3.58. The van der Waals surface area contributed by atoms with Gasteiger partial charge in [-0.25, -0.2) is 4.79 Å². The van der Waals surface area contributed by atoms with Crippen LogP contribution in [0.2, 0.25) is 5.02 Å². The predicted molar refractivity (Wildman–Crippen MR) is 74.3 cm³/mol. The fraction of sp³-hybridized carbons (Fsp3) is 0.462. The largest absolute Gasteiger partial charge is 0.336 e. The van der Waals surface area contributed by atoms with Gasteiger partial charge >= 0.3 is 6.03 Å². The molecule has 1 aliphatic heterocycles. The maximum absolute atomic E-state index is 11.8. The van der Waals surface area contributed by atoms with Crippen LogP contribution in [-0.4, -0.2) is 29.9 Å². The van der Waals surface area contributed by atoms with E-state index >= 15 is 0 Å². The van der Waals surface area contributed by atoms with Crippen molar-refractivity contribution in [2.45, 2.75) is 18.9 Å². The molecular weight excluding hydrogens is 271 g/mol. The summed E-state index contributed by atoms with van der Waals surface area (Å²) in [6.45, 7) is 1.37. The number of hydrogen-bond donors (Lipinski definition) is 1. The van der Waals surface area contributed by atoms with Crippen molar-refractivity contribution in [2.24, 2.45) is 0 Å². The Kier molecular flexibility index (Phi) is 4.72. The molecule has 3 nitrogen and oxygen atoms in total. The summed E-state index contributed by atoms with van der Waals surface area (Å²) in [6, 6.07) is 7.75. The number of unbranched alkanes of at least 4 members (excludes halogenated alkanes) is 1. The number of rotatable bonds is 5. The number of carbonyl (C=O) groups excluding carboxylic acids is 1. The van der Waals surface area contributed by atoms with Gasteiger partial charge in [-0.1, -0.05) is 23.7 Å². The number of hydrogen-bond acceptors (Lipinski definition) is 1. The Balaban J connectivity index is 2.08. The molecular formula is C13H16Cl2N2O. The maximum Gasteiger partial charge on any atom is 0.318 e. The molecule has 0 radical (unpaired) electrons. The maximum atomic E-state index is 11.8. The lowest BCUT2D eigenvalue weighted by Crippen LogP contribution is -2.30. The zero-order valence-corrected chi connectivity index (χ0v) is 11.5. The van der Waals surface area contributed by atoms with Crippen molar-refractivity contribution in [3.63, 3.8) is 0 Å². The first kappa shape index (κ1) is 13.5. The monoisotopic (exact) mass is 286 g/mol. The minimum atomic E-state index is -0.00505. The minimum absolute atomic E-state index is 0.00505. The van der Waals surface area contributed by atoms with Gasteiger partial charge in [0.05, 0.1) is 6.04 Å². The van der Waals surface area contributed by atoms with Gasteiger partial charge in [0, 0.05) is 24.0 Å². The van der Waals surface area contributed by atoms with Gasteiger partial charge in [0.1, 0.15) is 0 Å². The number of nitrogens with zero attached hydrogens (tertiary/aromatic N) is 1.